The average Bonchev–Trinajstić information content (AvgIpc) is 2.53. The zero-order valence-corrected chi connectivity index (χ0v) is 14.1. The molecule has 0 unspecified atom stereocenters. The molecule has 0 aliphatic carbocycles. The van der Waals surface area contributed by atoms with Crippen LogP contribution in [0.15, 0.2) is 24.3 Å². The summed E-state index contributed by atoms with van der Waals surface area (Å²) in [7, 11) is 1.58. The molecule has 0 radical (unpaired) electrons. The van der Waals surface area contributed by atoms with Crippen LogP contribution < -0.4 is 20.3 Å². The van der Waals surface area contributed by atoms with Gasteiger partial charge in [-0.25, -0.2) is 0 Å². The van der Waals surface area contributed by atoms with Crippen LogP contribution in [-0.2, 0) is 9.59 Å². The van der Waals surface area contributed by atoms with E-state index in [9.17, 15) is 9.59 Å². The maximum absolute atomic E-state index is 12.3. The molecule has 1 heterocycles. The summed E-state index contributed by atoms with van der Waals surface area (Å²) < 4.78 is 5.73. The molecular weight excluding hydrogens is 294 g/mol. The van der Waals surface area contributed by atoms with Gasteiger partial charge in [-0.1, -0.05) is 26.0 Å². The minimum atomic E-state index is -0.620. The standard InChI is InChI=1S/C17H25N3O3/c1-11(2)12(3)19-16(21)10-20-9-15(17(22)18-4)23-14-8-6-5-7-13(14)20/h5-8,11-12,15H,9-10H2,1-4H3,(H,18,22)(H,19,21)/t12-,15+/m0/s1. The summed E-state index contributed by atoms with van der Waals surface area (Å²) in [6.45, 7) is 6.67. The van der Waals surface area contributed by atoms with Crippen molar-refractivity contribution in [2.75, 3.05) is 25.0 Å². The van der Waals surface area contributed by atoms with Crippen LogP contribution in [0.25, 0.3) is 0 Å². The molecule has 1 aliphatic heterocycles. The number of likely N-dealkylation sites (N-methyl/N-ethyl adjacent to an activating group) is 1. The summed E-state index contributed by atoms with van der Waals surface area (Å²) in [5.74, 6) is 0.741. The van der Waals surface area contributed by atoms with Crippen LogP contribution in [0, 0.1) is 5.92 Å². The molecular formula is C17H25N3O3. The molecule has 0 fully saturated rings. The number of carbonyl (C=O) groups excluding carboxylic acids is 2. The molecule has 2 amide bonds. The molecule has 0 saturated carbocycles. The Balaban J connectivity index is 2.13. The van der Waals surface area contributed by atoms with Crippen LogP contribution in [-0.4, -0.2) is 44.1 Å². The van der Waals surface area contributed by atoms with E-state index in [2.05, 4.69) is 24.5 Å². The number of nitrogens with one attached hydrogen (secondary N) is 2. The van der Waals surface area contributed by atoms with Crippen molar-refractivity contribution in [1.29, 1.82) is 0 Å². The quantitative estimate of drug-likeness (QED) is 0.854. The molecule has 0 aromatic heterocycles. The van der Waals surface area contributed by atoms with E-state index in [1.54, 1.807) is 7.05 Å². The maximum atomic E-state index is 12.3. The van der Waals surface area contributed by atoms with Crippen molar-refractivity contribution in [2.45, 2.75) is 32.9 Å². The van der Waals surface area contributed by atoms with Gasteiger partial charge in [0.2, 0.25) is 5.91 Å². The second-order valence-corrected chi connectivity index (χ2v) is 6.17. The fraction of sp³-hybridized carbons (Fsp3) is 0.529. The van der Waals surface area contributed by atoms with Crippen LogP contribution in [0.3, 0.4) is 0 Å². The summed E-state index contributed by atoms with van der Waals surface area (Å²) >= 11 is 0. The van der Waals surface area contributed by atoms with Gasteiger partial charge in [0.05, 0.1) is 18.8 Å². The molecule has 0 spiro atoms. The van der Waals surface area contributed by atoms with Crippen molar-refractivity contribution in [3.05, 3.63) is 24.3 Å². The third kappa shape index (κ3) is 4.15. The number of para-hydroxylation sites is 2. The number of nitrogens with zero attached hydrogens (tertiary/aromatic N) is 1. The van der Waals surface area contributed by atoms with Gasteiger partial charge in [0.1, 0.15) is 5.75 Å². The Bertz CT molecular complexity index is 574. The highest BCUT2D eigenvalue weighted by Gasteiger charge is 2.31. The first-order valence-corrected chi connectivity index (χ1v) is 7.94. The lowest BCUT2D eigenvalue weighted by Crippen LogP contribution is -2.51. The summed E-state index contributed by atoms with van der Waals surface area (Å²) in [6, 6.07) is 7.56. The van der Waals surface area contributed by atoms with E-state index < -0.39 is 6.10 Å². The second-order valence-electron chi connectivity index (χ2n) is 6.17. The first-order chi connectivity index (χ1) is 10.9. The molecule has 1 aromatic rings. The Morgan fingerprint density at radius 1 is 1.30 bits per heavy atom. The number of fused-ring (bicyclic) bond motifs is 1. The zero-order chi connectivity index (χ0) is 17.0. The molecule has 0 bridgehead atoms. The predicted molar refractivity (Wildman–Crippen MR) is 89.6 cm³/mol. The van der Waals surface area contributed by atoms with Gasteiger partial charge in [0.15, 0.2) is 6.10 Å². The van der Waals surface area contributed by atoms with Crippen molar-refractivity contribution in [3.63, 3.8) is 0 Å². The van der Waals surface area contributed by atoms with Gasteiger partial charge in [-0.05, 0) is 25.0 Å². The number of rotatable bonds is 5. The minimum absolute atomic E-state index is 0.0569. The molecule has 6 nitrogen and oxygen atoms in total. The Labute approximate surface area is 137 Å². The SMILES string of the molecule is CNC(=O)[C@H]1CN(CC(=O)N[C@@H](C)C(C)C)c2ccccc2O1. The third-order valence-electron chi connectivity index (χ3n) is 4.12. The molecule has 126 valence electrons. The fourth-order valence-corrected chi connectivity index (χ4v) is 2.39. The van der Waals surface area contributed by atoms with Crippen LogP contribution in [0.2, 0.25) is 0 Å². The van der Waals surface area contributed by atoms with Crippen molar-refractivity contribution < 1.29 is 14.3 Å². The van der Waals surface area contributed by atoms with Crippen molar-refractivity contribution in [1.82, 2.24) is 10.6 Å². The number of anilines is 1. The van der Waals surface area contributed by atoms with Crippen molar-refractivity contribution in [3.8, 4) is 5.75 Å². The van der Waals surface area contributed by atoms with E-state index in [-0.39, 0.29) is 24.4 Å². The summed E-state index contributed by atoms with van der Waals surface area (Å²) in [6.07, 6.45) is -0.620. The van der Waals surface area contributed by atoms with Crippen LogP contribution in [0.1, 0.15) is 20.8 Å². The van der Waals surface area contributed by atoms with Crippen molar-refractivity contribution >= 4 is 17.5 Å². The predicted octanol–water partition coefficient (Wildman–Crippen LogP) is 1.16. The number of carbonyl (C=O) groups is 2. The van der Waals surface area contributed by atoms with Crippen molar-refractivity contribution in [2.24, 2.45) is 5.92 Å². The van der Waals surface area contributed by atoms with Gasteiger partial charge >= 0.3 is 0 Å². The highest BCUT2D eigenvalue weighted by atomic mass is 16.5. The van der Waals surface area contributed by atoms with Crippen LogP contribution in [0.5, 0.6) is 5.75 Å². The highest BCUT2D eigenvalue weighted by molar-refractivity contribution is 5.86. The molecule has 1 aromatic carbocycles. The smallest absolute Gasteiger partial charge is 0.262 e. The van der Waals surface area contributed by atoms with Gasteiger partial charge in [0.25, 0.3) is 5.91 Å². The lowest BCUT2D eigenvalue weighted by atomic mass is 10.1. The fourth-order valence-electron chi connectivity index (χ4n) is 2.39. The Morgan fingerprint density at radius 3 is 2.65 bits per heavy atom. The Morgan fingerprint density at radius 2 is 2.00 bits per heavy atom. The lowest BCUT2D eigenvalue weighted by molar-refractivity contribution is -0.127. The van der Waals surface area contributed by atoms with E-state index >= 15 is 0 Å². The summed E-state index contributed by atoms with van der Waals surface area (Å²) in [5, 5.41) is 5.59. The topological polar surface area (TPSA) is 70.7 Å². The second kappa shape index (κ2) is 7.35. The van der Waals surface area contributed by atoms with E-state index in [0.29, 0.717) is 18.2 Å². The average molecular weight is 319 g/mol. The molecule has 6 heteroatoms. The molecule has 2 N–H and O–H groups in total. The van der Waals surface area contributed by atoms with E-state index in [1.807, 2.05) is 36.1 Å². The first kappa shape index (κ1) is 17.1. The first-order valence-electron chi connectivity index (χ1n) is 7.94. The summed E-state index contributed by atoms with van der Waals surface area (Å²) in [4.78, 5) is 26.1. The lowest BCUT2D eigenvalue weighted by Gasteiger charge is -2.35. The van der Waals surface area contributed by atoms with Gasteiger partial charge in [0, 0.05) is 13.1 Å². The van der Waals surface area contributed by atoms with Gasteiger partial charge in [-0.15, -0.1) is 0 Å². The number of hydrogen-bond donors (Lipinski definition) is 2. The minimum Gasteiger partial charge on any atom is -0.477 e. The largest absolute Gasteiger partial charge is 0.477 e. The molecule has 23 heavy (non-hydrogen) atoms. The number of amides is 2. The zero-order valence-electron chi connectivity index (χ0n) is 14.1. The third-order valence-corrected chi connectivity index (χ3v) is 4.12. The molecule has 2 rings (SSSR count). The van der Waals surface area contributed by atoms with Crippen LogP contribution >= 0.6 is 0 Å². The van der Waals surface area contributed by atoms with E-state index in [4.69, 9.17) is 4.74 Å². The van der Waals surface area contributed by atoms with Crippen LogP contribution in [0.4, 0.5) is 5.69 Å². The normalized spacial score (nSPS) is 18.0. The van der Waals surface area contributed by atoms with E-state index in [0.717, 1.165) is 5.69 Å². The van der Waals surface area contributed by atoms with Gasteiger partial charge < -0.3 is 20.3 Å². The molecule has 2 atom stereocenters. The highest BCUT2D eigenvalue weighted by Crippen LogP contribution is 2.32. The number of ether oxygens (including phenoxy) is 1. The summed E-state index contributed by atoms with van der Waals surface area (Å²) in [5.41, 5.74) is 0.833. The Kier molecular flexibility index (Phi) is 5.47. The van der Waals surface area contributed by atoms with E-state index in [1.165, 1.54) is 0 Å². The Hall–Kier alpha value is -2.24. The molecule has 0 saturated heterocycles. The van der Waals surface area contributed by atoms with Gasteiger partial charge in [-0.2, -0.15) is 0 Å². The number of benzene rings is 1. The monoisotopic (exact) mass is 319 g/mol. The number of hydrogen-bond acceptors (Lipinski definition) is 4. The maximum Gasteiger partial charge on any atom is 0.262 e. The van der Waals surface area contributed by atoms with Gasteiger partial charge in [-0.3, -0.25) is 9.59 Å². The molecule has 1 aliphatic rings.